The number of fused-ring (bicyclic) bond motifs is 1. The molecule has 5 nitrogen and oxygen atoms in total. The maximum Gasteiger partial charge on any atom is 0.325 e. The monoisotopic (exact) mass is 286 g/mol. The highest BCUT2D eigenvalue weighted by atomic mass is 16.4. The molecule has 0 spiro atoms. The molecule has 1 N–H and O–H groups in total. The highest BCUT2D eigenvalue weighted by Gasteiger charge is 2.37. The topological polar surface area (TPSA) is 60.9 Å². The van der Waals surface area contributed by atoms with E-state index in [0.29, 0.717) is 17.8 Å². The number of aliphatic carboxylic acids is 1. The zero-order chi connectivity index (χ0) is 15.4. The fraction of sp³-hybridized carbons (Fsp3) is 0.375. The Bertz CT molecular complexity index is 591. The van der Waals surface area contributed by atoms with Crippen molar-refractivity contribution in [2.75, 3.05) is 24.5 Å². The quantitative estimate of drug-likeness (QED) is 0.863. The van der Waals surface area contributed by atoms with Gasteiger partial charge in [0, 0.05) is 18.8 Å². The Morgan fingerprint density at radius 3 is 2.81 bits per heavy atom. The SMILES string of the molecule is C#CCN(CCC)C(=O)N1CC(C(=O)O)c2ccccc21. The van der Waals surface area contributed by atoms with Gasteiger partial charge in [-0.3, -0.25) is 9.69 Å². The van der Waals surface area contributed by atoms with Crippen molar-refractivity contribution < 1.29 is 14.7 Å². The molecule has 1 aromatic rings. The molecule has 2 rings (SSSR count). The van der Waals surface area contributed by atoms with Gasteiger partial charge in [-0.25, -0.2) is 4.79 Å². The molecule has 110 valence electrons. The van der Waals surface area contributed by atoms with Crippen LogP contribution < -0.4 is 4.90 Å². The Balaban J connectivity index is 2.31. The number of hydrogen-bond donors (Lipinski definition) is 1. The fourth-order valence-corrected chi connectivity index (χ4v) is 2.59. The molecule has 1 aromatic carbocycles. The van der Waals surface area contributed by atoms with Crippen molar-refractivity contribution in [2.24, 2.45) is 0 Å². The van der Waals surface area contributed by atoms with Gasteiger partial charge in [-0.1, -0.05) is 31.0 Å². The molecule has 2 amide bonds. The highest BCUT2D eigenvalue weighted by Crippen LogP contribution is 2.36. The van der Waals surface area contributed by atoms with Crippen LogP contribution in [0, 0.1) is 12.3 Å². The number of carboxylic acid groups (broad SMARTS) is 1. The summed E-state index contributed by atoms with van der Waals surface area (Å²) in [5.41, 5.74) is 1.34. The third-order valence-electron chi connectivity index (χ3n) is 3.54. The number of urea groups is 1. The molecule has 5 heteroatoms. The number of carbonyl (C=O) groups is 2. The van der Waals surface area contributed by atoms with Gasteiger partial charge in [0.15, 0.2) is 0 Å². The Morgan fingerprint density at radius 1 is 1.48 bits per heavy atom. The predicted molar refractivity (Wildman–Crippen MR) is 80.3 cm³/mol. The second-order valence-electron chi connectivity index (χ2n) is 4.97. The largest absolute Gasteiger partial charge is 0.481 e. The zero-order valence-electron chi connectivity index (χ0n) is 12.0. The van der Waals surface area contributed by atoms with Crippen LogP contribution in [0.2, 0.25) is 0 Å². The minimum atomic E-state index is -0.920. The van der Waals surface area contributed by atoms with Crippen molar-refractivity contribution in [3.05, 3.63) is 29.8 Å². The predicted octanol–water partition coefficient (Wildman–Crippen LogP) is 2.14. The van der Waals surface area contributed by atoms with E-state index in [1.165, 1.54) is 4.90 Å². The first-order valence-corrected chi connectivity index (χ1v) is 6.91. The summed E-state index contributed by atoms with van der Waals surface area (Å²) in [6.45, 7) is 2.90. The van der Waals surface area contributed by atoms with E-state index in [2.05, 4.69) is 5.92 Å². The molecule has 0 saturated carbocycles. The smallest absolute Gasteiger partial charge is 0.325 e. The van der Waals surface area contributed by atoms with Crippen LogP contribution in [0.5, 0.6) is 0 Å². The van der Waals surface area contributed by atoms with E-state index in [9.17, 15) is 14.7 Å². The summed E-state index contributed by atoms with van der Waals surface area (Å²) in [5.74, 6) is 0.876. The maximum atomic E-state index is 12.6. The highest BCUT2D eigenvalue weighted by molar-refractivity contribution is 5.98. The fourth-order valence-electron chi connectivity index (χ4n) is 2.59. The lowest BCUT2D eigenvalue weighted by atomic mass is 10.0. The van der Waals surface area contributed by atoms with E-state index < -0.39 is 11.9 Å². The molecule has 0 aliphatic carbocycles. The van der Waals surface area contributed by atoms with E-state index in [0.717, 1.165) is 6.42 Å². The summed E-state index contributed by atoms with van der Waals surface area (Å²) < 4.78 is 0. The molecule has 0 radical (unpaired) electrons. The van der Waals surface area contributed by atoms with Crippen molar-refractivity contribution in [1.82, 2.24) is 4.90 Å². The lowest BCUT2D eigenvalue weighted by Gasteiger charge is -2.26. The second kappa shape index (κ2) is 6.31. The van der Waals surface area contributed by atoms with Crippen LogP contribution in [0.3, 0.4) is 0 Å². The minimum Gasteiger partial charge on any atom is -0.481 e. The second-order valence-corrected chi connectivity index (χ2v) is 4.97. The standard InChI is InChI=1S/C16H18N2O3/c1-3-9-17(10-4-2)16(21)18-11-13(15(19)20)12-7-5-6-8-14(12)18/h1,5-8,13H,4,9-11H2,2H3,(H,19,20). The van der Waals surface area contributed by atoms with E-state index in [1.54, 1.807) is 29.2 Å². The number of carbonyl (C=O) groups excluding carboxylic acids is 1. The van der Waals surface area contributed by atoms with Gasteiger partial charge in [0.2, 0.25) is 0 Å². The van der Waals surface area contributed by atoms with Crippen LogP contribution in [0.15, 0.2) is 24.3 Å². The summed E-state index contributed by atoms with van der Waals surface area (Å²) >= 11 is 0. The summed E-state index contributed by atoms with van der Waals surface area (Å²) in [7, 11) is 0. The Kier molecular flexibility index (Phi) is 4.49. The van der Waals surface area contributed by atoms with Crippen LogP contribution in [-0.2, 0) is 4.79 Å². The van der Waals surface area contributed by atoms with Crippen LogP contribution in [0.1, 0.15) is 24.8 Å². The Morgan fingerprint density at radius 2 is 2.19 bits per heavy atom. The summed E-state index contributed by atoms with van der Waals surface area (Å²) in [6.07, 6.45) is 6.11. The van der Waals surface area contributed by atoms with Crippen LogP contribution in [-0.4, -0.2) is 41.6 Å². The summed E-state index contributed by atoms with van der Waals surface area (Å²) in [5, 5.41) is 9.32. The molecule has 0 aromatic heterocycles. The number of amides is 2. The van der Waals surface area contributed by atoms with E-state index in [4.69, 9.17) is 6.42 Å². The van der Waals surface area contributed by atoms with Gasteiger partial charge in [-0.15, -0.1) is 6.42 Å². The number of para-hydroxylation sites is 1. The van der Waals surface area contributed by atoms with Crippen molar-refractivity contribution in [3.8, 4) is 12.3 Å². The number of hydrogen-bond acceptors (Lipinski definition) is 2. The molecule has 0 saturated heterocycles. The molecule has 1 aliphatic heterocycles. The minimum absolute atomic E-state index is 0.151. The lowest BCUT2D eigenvalue weighted by molar-refractivity contribution is -0.138. The first-order valence-electron chi connectivity index (χ1n) is 6.91. The van der Waals surface area contributed by atoms with Crippen LogP contribution in [0.4, 0.5) is 10.5 Å². The average Bonchev–Trinajstić information content (AvgIpc) is 2.86. The molecular formula is C16H18N2O3. The van der Waals surface area contributed by atoms with Crippen molar-refractivity contribution >= 4 is 17.7 Å². The molecule has 1 unspecified atom stereocenters. The number of carboxylic acids is 1. The van der Waals surface area contributed by atoms with Gasteiger partial charge in [0.05, 0.1) is 6.54 Å². The van der Waals surface area contributed by atoms with Gasteiger partial charge < -0.3 is 10.0 Å². The molecule has 1 aliphatic rings. The molecular weight excluding hydrogens is 268 g/mol. The van der Waals surface area contributed by atoms with Crippen LogP contribution in [0.25, 0.3) is 0 Å². The van der Waals surface area contributed by atoms with Gasteiger partial charge in [-0.2, -0.15) is 0 Å². The van der Waals surface area contributed by atoms with Gasteiger partial charge in [-0.05, 0) is 18.1 Å². The third-order valence-corrected chi connectivity index (χ3v) is 3.54. The first-order chi connectivity index (χ1) is 10.1. The van der Waals surface area contributed by atoms with Crippen LogP contribution >= 0.6 is 0 Å². The van der Waals surface area contributed by atoms with Gasteiger partial charge in [0.1, 0.15) is 5.92 Å². The third kappa shape index (κ3) is 2.84. The number of nitrogens with zero attached hydrogens (tertiary/aromatic N) is 2. The number of anilines is 1. The molecule has 1 atom stereocenters. The van der Waals surface area contributed by atoms with Gasteiger partial charge >= 0.3 is 12.0 Å². The van der Waals surface area contributed by atoms with E-state index in [1.807, 2.05) is 6.92 Å². The molecule has 0 bridgehead atoms. The first kappa shape index (κ1) is 14.9. The summed E-state index contributed by atoms with van der Waals surface area (Å²) in [4.78, 5) is 27.1. The lowest BCUT2D eigenvalue weighted by Crippen LogP contribution is -2.43. The number of terminal acetylenes is 1. The molecule has 0 fully saturated rings. The van der Waals surface area contributed by atoms with Gasteiger partial charge in [0.25, 0.3) is 0 Å². The Hall–Kier alpha value is -2.48. The molecule has 1 heterocycles. The van der Waals surface area contributed by atoms with E-state index >= 15 is 0 Å². The van der Waals surface area contributed by atoms with Crippen molar-refractivity contribution in [1.29, 1.82) is 0 Å². The zero-order valence-corrected chi connectivity index (χ0v) is 12.0. The average molecular weight is 286 g/mol. The van der Waals surface area contributed by atoms with E-state index in [-0.39, 0.29) is 19.1 Å². The van der Waals surface area contributed by atoms with Crippen molar-refractivity contribution in [3.63, 3.8) is 0 Å². The number of rotatable bonds is 4. The van der Waals surface area contributed by atoms with Crippen molar-refractivity contribution in [2.45, 2.75) is 19.3 Å². The molecule has 21 heavy (non-hydrogen) atoms. The maximum absolute atomic E-state index is 12.6. The normalized spacial score (nSPS) is 16.2. The number of benzene rings is 1. The Labute approximate surface area is 124 Å². The summed E-state index contributed by atoms with van der Waals surface area (Å²) in [6, 6.07) is 6.89.